The van der Waals surface area contributed by atoms with E-state index in [0.717, 1.165) is 28.1 Å². The molecule has 21 heavy (non-hydrogen) atoms. The topological polar surface area (TPSA) is 29.1 Å². The number of anilines is 1. The molecule has 2 aromatic carbocycles. The van der Waals surface area contributed by atoms with Crippen LogP contribution in [0.4, 0.5) is 5.69 Å². The molecule has 0 radical (unpaired) electrons. The van der Waals surface area contributed by atoms with Crippen LogP contribution in [-0.2, 0) is 6.42 Å². The number of carbonyl (C=O) groups excluding carboxylic acids is 1. The predicted molar refractivity (Wildman–Crippen MR) is 91.2 cm³/mol. The lowest BCUT2D eigenvalue weighted by molar-refractivity contribution is 0.102. The average Bonchev–Trinajstić information content (AvgIpc) is 2.47. The molecule has 0 aromatic heterocycles. The van der Waals surface area contributed by atoms with Gasteiger partial charge in [0.05, 0.1) is 5.56 Å². The van der Waals surface area contributed by atoms with E-state index in [1.165, 1.54) is 0 Å². The lowest BCUT2D eigenvalue weighted by atomic mass is 10.1. The van der Waals surface area contributed by atoms with Gasteiger partial charge in [-0.2, -0.15) is 0 Å². The summed E-state index contributed by atoms with van der Waals surface area (Å²) in [6.45, 7) is 6.35. The number of rotatable bonds is 5. The maximum atomic E-state index is 12.6. The smallest absolute Gasteiger partial charge is 0.256 e. The van der Waals surface area contributed by atoms with E-state index in [4.69, 9.17) is 0 Å². The molecule has 0 heterocycles. The van der Waals surface area contributed by atoms with Crippen LogP contribution in [0.5, 0.6) is 0 Å². The Kier molecular flexibility index (Phi) is 5.45. The van der Waals surface area contributed by atoms with E-state index in [0.29, 0.717) is 5.25 Å². The Hall–Kier alpha value is -1.74. The summed E-state index contributed by atoms with van der Waals surface area (Å²) < 4.78 is 0. The first-order valence-electron chi connectivity index (χ1n) is 7.26. The number of benzene rings is 2. The third-order valence-corrected chi connectivity index (χ3v) is 4.22. The molecule has 0 bridgehead atoms. The molecule has 1 N–H and O–H groups in total. The maximum Gasteiger partial charge on any atom is 0.256 e. The van der Waals surface area contributed by atoms with E-state index in [1.54, 1.807) is 11.8 Å². The summed E-state index contributed by atoms with van der Waals surface area (Å²) in [7, 11) is 0. The van der Waals surface area contributed by atoms with Crippen molar-refractivity contribution in [2.75, 3.05) is 5.32 Å². The summed E-state index contributed by atoms with van der Waals surface area (Å²) in [5, 5.41) is 3.49. The second-order valence-corrected chi connectivity index (χ2v) is 6.75. The number of thioether (sulfide) groups is 1. The SMILES string of the molecule is CCc1ccccc1NC(=O)c1ccccc1SC(C)C. The van der Waals surface area contributed by atoms with Crippen molar-refractivity contribution in [3.05, 3.63) is 59.7 Å². The molecular formula is C18H21NOS. The zero-order chi connectivity index (χ0) is 15.2. The molecule has 0 aliphatic carbocycles. The number of hydrogen-bond acceptors (Lipinski definition) is 2. The second-order valence-electron chi connectivity index (χ2n) is 5.13. The molecule has 0 aliphatic heterocycles. The van der Waals surface area contributed by atoms with Crippen LogP contribution in [0.1, 0.15) is 36.7 Å². The zero-order valence-electron chi connectivity index (χ0n) is 12.7. The van der Waals surface area contributed by atoms with E-state index >= 15 is 0 Å². The van der Waals surface area contributed by atoms with Gasteiger partial charge in [0, 0.05) is 15.8 Å². The number of hydrogen-bond donors (Lipinski definition) is 1. The molecule has 0 saturated carbocycles. The Morgan fingerprint density at radius 3 is 2.48 bits per heavy atom. The first kappa shape index (κ1) is 15.6. The fraction of sp³-hybridized carbons (Fsp3) is 0.278. The van der Waals surface area contributed by atoms with Gasteiger partial charge in [-0.3, -0.25) is 4.79 Å². The van der Waals surface area contributed by atoms with Crippen molar-refractivity contribution < 1.29 is 4.79 Å². The van der Waals surface area contributed by atoms with Crippen LogP contribution in [0.3, 0.4) is 0 Å². The lowest BCUT2D eigenvalue weighted by Gasteiger charge is -2.13. The van der Waals surface area contributed by atoms with Crippen molar-refractivity contribution in [2.45, 2.75) is 37.3 Å². The molecule has 0 spiro atoms. The Labute approximate surface area is 131 Å². The molecule has 0 fully saturated rings. The molecule has 1 amide bonds. The van der Waals surface area contributed by atoms with Gasteiger partial charge >= 0.3 is 0 Å². The molecule has 0 atom stereocenters. The van der Waals surface area contributed by atoms with Gasteiger partial charge in [0.2, 0.25) is 0 Å². The fourth-order valence-electron chi connectivity index (χ4n) is 2.15. The summed E-state index contributed by atoms with van der Waals surface area (Å²) in [5.41, 5.74) is 2.79. The van der Waals surface area contributed by atoms with E-state index in [2.05, 4.69) is 26.1 Å². The van der Waals surface area contributed by atoms with Crippen LogP contribution in [0.2, 0.25) is 0 Å². The van der Waals surface area contributed by atoms with Crippen LogP contribution in [0, 0.1) is 0 Å². The van der Waals surface area contributed by atoms with Crippen LogP contribution in [0.15, 0.2) is 53.4 Å². The highest BCUT2D eigenvalue weighted by Crippen LogP contribution is 2.27. The highest BCUT2D eigenvalue weighted by molar-refractivity contribution is 8.00. The minimum atomic E-state index is -0.0420. The standard InChI is InChI=1S/C18H21NOS/c1-4-14-9-5-7-11-16(14)19-18(20)15-10-6-8-12-17(15)21-13(2)3/h5-13H,4H2,1-3H3,(H,19,20). The van der Waals surface area contributed by atoms with E-state index in [9.17, 15) is 4.79 Å². The van der Waals surface area contributed by atoms with Crippen molar-refractivity contribution in [3.63, 3.8) is 0 Å². The Morgan fingerprint density at radius 2 is 1.76 bits per heavy atom. The number of aryl methyl sites for hydroxylation is 1. The molecule has 2 nitrogen and oxygen atoms in total. The third kappa shape index (κ3) is 4.11. The predicted octanol–water partition coefficient (Wildman–Crippen LogP) is 5.00. The Balaban J connectivity index is 2.24. The molecular weight excluding hydrogens is 278 g/mol. The molecule has 3 heteroatoms. The van der Waals surface area contributed by atoms with E-state index in [-0.39, 0.29) is 5.91 Å². The van der Waals surface area contributed by atoms with E-state index < -0.39 is 0 Å². The zero-order valence-corrected chi connectivity index (χ0v) is 13.5. The first-order valence-corrected chi connectivity index (χ1v) is 8.14. The molecule has 0 unspecified atom stereocenters. The van der Waals surface area contributed by atoms with Crippen molar-refractivity contribution in [2.24, 2.45) is 0 Å². The number of carbonyl (C=O) groups is 1. The molecule has 2 aromatic rings. The Bertz CT molecular complexity index is 622. The monoisotopic (exact) mass is 299 g/mol. The van der Waals surface area contributed by atoms with Crippen molar-refractivity contribution in [1.29, 1.82) is 0 Å². The van der Waals surface area contributed by atoms with Gasteiger partial charge in [-0.25, -0.2) is 0 Å². The highest BCUT2D eigenvalue weighted by atomic mass is 32.2. The summed E-state index contributed by atoms with van der Waals surface area (Å²) in [5.74, 6) is -0.0420. The van der Waals surface area contributed by atoms with Crippen molar-refractivity contribution in [3.8, 4) is 0 Å². The number of para-hydroxylation sites is 1. The van der Waals surface area contributed by atoms with Gasteiger partial charge in [-0.1, -0.05) is 51.1 Å². The summed E-state index contributed by atoms with van der Waals surface area (Å²) in [6, 6.07) is 15.7. The highest BCUT2D eigenvalue weighted by Gasteiger charge is 2.13. The van der Waals surface area contributed by atoms with Crippen LogP contribution in [0.25, 0.3) is 0 Å². The van der Waals surface area contributed by atoms with Crippen LogP contribution >= 0.6 is 11.8 Å². The van der Waals surface area contributed by atoms with E-state index in [1.807, 2.05) is 48.5 Å². The lowest BCUT2D eigenvalue weighted by Crippen LogP contribution is -2.14. The second kappa shape index (κ2) is 7.32. The van der Waals surface area contributed by atoms with Gasteiger partial charge in [0.25, 0.3) is 5.91 Å². The summed E-state index contributed by atoms with van der Waals surface area (Å²) >= 11 is 1.71. The van der Waals surface area contributed by atoms with Crippen LogP contribution in [-0.4, -0.2) is 11.2 Å². The summed E-state index contributed by atoms with van der Waals surface area (Å²) in [6.07, 6.45) is 0.902. The largest absolute Gasteiger partial charge is 0.322 e. The minimum absolute atomic E-state index is 0.0420. The van der Waals surface area contributed by atoms with Gasteiger partial charge in [0.1, 0.15) is 0 Å². The fourth-order valence-corrected chi connectivity index (χ4v) is 3.10. The van der Waals surface area contributed by atoms with Gasteiger partial charge in [-0.15, -0.1) is 11.8 Å². The molecule has 110 valence electrons. The number of nitrogens with one attached hydrogen (secondary N) is 1. The Morgan fingerprint density at radius 1 is 1.10 bits per heavy atom. The third-order valence-electron chi connectivity index (χ3n) is 3.14. The number of amides is 1. The average molecular weight is 299 g/mol. The van der Waals surface area contributed by atoms with Gasteiger partial charge in [0.15, 0.2) is 0 Å². The van der Waals surface area contributed by atoms with Crippen LogP contribution < -0.4 is 5.32 Å². The van der Waals surface area contributed by atoms with Crippen molar-refractivity contribution in [1.82, 2.24) is 0 Å². The summed E-state index contributed by atoms with van der Waals surface area (Å²) in [4.78, 5) is 13.6. The maximum absolute atomic E-state index is 12.6. The van der Waals surface area contributed by atoms with Crippen molar-refractivity contribution >= 4 is 23.4 Å². The van der Waals surface area contributed by atoms with Gasteiger partial charge < -0.3 is 5.32 Å². The molecule has 0 aliphatic rings. The molecule has 2 rings (SSSR count). The first-order chi connectivity index (χ1) is 10.1. The molecule has 0 saturated heterocycles. The normalized spacial score (nSPS) is 10.7. The quantitative estimate of drug-likeness (QED) is 0.787. The minimum Gasteiger partial charge on any atom is -0.322 e. The van der Waals surface area contributed by atoms with Gasteiger partial charge in [-0.05, 0) is 30.2 Å².